The molecule has 0 bridgehead atoms. The molecule has 1 aromatic rings. The zero-order valence-electron chi connectivity index (χ0n) is 16.8. The van der Waals surface area contributed by atoms with Crippen LogP contribution in [-0.4, -0.2) is 66.8 Å². The highest BCUT2D eigenvalue weighted by Crippen LogP contribution is 2.28. The molecule has 2 aliphatic heterocycles. The first-order valence-electron chi connectivity index (χ1n) is 10.5. The van der Waals surface area contributed by atoms with Gasteiger partial charge in [0, 0.05) is 56.6 Å². The standard InChI is InChI=1S/C22H31N3O2.ClH/c1-17(26)18-6-8-21(9-7-18)25-13-10-19(16-25)22(27)24-12-3-11-23(14-15-24)20-4-2-5-20;/h6-9,19-20H,2-5,10-16H2,1H3;1H/t19-;/m1./s1. The van der Waals surface area contributed by atoms with Crippen LogP contribution in [0.4, 0.5) is 5.69 Å². The summed E-state index contributed by atoms with van der Waals surface area (Å²) < 4.78 is 0. The molecule has 4 rings (SSSR count). The third-order valence-electron chi connectivity index (χ3n) is 6.61. The summed E-state index contributed by atoms with van der Waals surface area (Å²) in [5.41, 5.74) is 1.86. The van der Waals surface area contributed by atoms with Crippen LogP contribution in [0.15, 0.2) is 24.3 Å². The molecule has 0 radical (unpaired) electrons. The van der Waals surface area contributed by atoms with Crippen molar-refractivity contribution >= 4 is 29.8 Å². The number of hydrogen-bond donors (Lipinski definition) is 0. The van der Waals surface area contributed by atoms with Gasteiger partial charge in [-0.1, -0.05) is 6.42 Å². The summed E-state index contributed by atoms with van der Waals surface area (Å²) in [5, 5.41) is 0. The molecular formula is C22H32ClN3O2. The fourth-order valence-electron chi connectivity index (χ4n) is 4.64. The average Bonchev–Trinajstić information content (AvgIpc) is 3.00. The van der Waals surface area contributed by atoms with Gasteiger partial charge in [0.25, 0.3) is 0 Å². The Balaban J connectivity index is 0.00000225. The first kappa shape index (κ1) is 21.1. The number of anilines is 1. The lowest BCUT2D eigenvalue weighted by Gasteiger charge is -2.36. The summed E-state index contributed by atoms with van der Waals surface area (Å²) in [4.78, 5) is 31.5. The maximum Gasteiger partial charge on any atom is 0.227 e. The summed E-state index contributed by atoms with van der Waals surface area (Å²) in [6, 6.07) is 8.56. The van der Waals surface area contributed by atoms with Gasteiger partial charge in [-0.05, 0) is 56.9 Å². The predicted molar refractivity (Wildman–Crippen MR) is 114 cm³/mol. The van der Waals surface area contributed by atoms with Crippen LogP contribution >= 0.6 is 12.4 Å². The van der Waals surface area contributed by atoms with E-state index in [0.717, 1.165) is 69.4 Å². The van der Waals surface area contributed by atoms with Crippen LogP contribution in [0.3, 0.4) is 0 Å². The number of rotatable bonds is 4. The maximum absolute atomic E-state index is 13.1. The number of nitrogens with zero attached hydrogens (tertiary/aromatic N) is 3. The van der Waals surface area contributed by atoms with Gasteiger partial charge in [0.05, 0.1) is 5.92 Å². The van der Waals surface area contributed by atoms with E-state index in [1.165, 1.54) is 19.3 Å². The third-order valence-corrected chi connectivity index (χ3v) is 6.61. The summed E-state index contributed by atoms with van der Waals surface area (Å²) in [6.07, 6.45) is 6.08. The first-order chi connectivity index (χ1) is 13.1. The van der Waals surface area contributed by atoms with Crippen LogP contribution in [0.2, 0.25) is 0 Å². The molecule has 2 saturated heterocycles. The van der Waals surface area contributed by atoms with Crippen molar-refractivity contribution in [3.05, 3.63) is 29.8 Å². The quantitative estimate of drug-likeness (QED) is 0.721. The van der Waals surface area contributed by atoms with Gasteiger partial charge < -0.3 is 9.80 Å². The van der Waals surface area contributed by atoms with Gasteiger partial charge in [-0.3, -0.25) is 14.5 Å². The molecule has 1 amide bonds. The monoisotopic (exact) mass is 405 g/mol. The molecule has 0 N–H and O–H groups in total. The SMILES string of the molecule is CC(=O)c1ccc(N2CC[C@@H](C(=O)N3CCCN(C4CCC4)CC3)C2)cc1.Cl. The molecule has 6 heteroatoms. The number of carbonyl (C=O) groups is 2. The summed E-state index contributed by atoms with van der Waals surface area (Å²) in [7, 11) is 0. The fraction of sp³-hybridized carbons (Fsp3) is 0.636. The molecule has 0 aromatic heterocycles. The third kappa shape index (κ3) is 4.52. The van der Waals surface area contributed by atoms with Crippen LogP contribution in [0.1, 0.15) is 49.4 Å². The lowest BCUT2D eigenvalue weighted by molar-refractivity contribution is -0.134. The van der Waals surface area contributed by atoms with Crippen molar-refractivity contribution in [3.63, 3.8) is 0 Å². The molecule has 1 saturated carbocycles. The van der Waals surface area contributed by atoms with E-state index < -0.39 is 0 Å². The molecule has 3 aliphatic rings. The van der Waals surface area contributed by atoms with Gasteiger partial charge >= 0.3 is 0 Å². The Bertz CT molecular complexity index is 690. The smallest absolute Gasteiger partial charge is 0.227 e. The molecule has 5 nitrogen and oxygen atoms in total. The van der Waals surface area contributed by atoms with Crippen molar-refractivity contribution in [2.45, 2.75) is 45.1 Å². The lowest BCUT2D eigenvalue weighted by Crippen LogP contribution is -2.43. The molecule has 154 valence electrons. The van der Waals surface area contributed by atoms with Gasteiger partial charge in [0.2, 0.25) is 5.91 Å². The summed E-state index contributed by atoms with van der Waals surface area (Å²) in [5.74, 6) is 0.536. The zero-order chi connectivity index (χ0) is 18.8. The van der Waals surface area contributed by atoms with Gasteiger partial charge in [0.15, 0.2) is 5.78 Å². The van der Waals surface area contributed by atoms with E-state index >= 15 is 0 Å². The average molecular weight is 406 g/mol. The van der Waals surface area contributed by atoms with Crippen LogP contribution in [0.25, 0.3) is 0 Å². The van der Waals surface area contributed by atoms with E-state index in [1.807, 2.05) is 24.3 Å². The summed E-state index contributed by atoms with van der Waals surface area (Å²) in [6.45, 7) is 7.28. The Hall–Kier alpha value is -1.59. The van der Waals surface area contributed by atoms with Crippen molar-refractivity contribution in [3.8, 4) is 0 Å². The Labute approximate surface area is 174 Å². The zero-order valence-corrected chi connectivity index (χ0v) is 17.6. The Morgan fingerprint density at radius 2 is 1.64 bits per heavy atom. The molecule has 1 aromatic carbocycles. The molecule has 28 heavy (non-hydrogen) atoms. The van der Waals surface area contributed by atoms with Crippen LogP contribution in [0, 0.1) is 5.92 Å². The minimum Gasteiger partial charge on any atom is -0.371 e. The Kier molecular flexibility index (Phi) is 7.00. The van der Waals surface area contributed by atoms with Crippen molar-refractivity contribution < 1.29 is 9.59 Å². The van der Waals surface area contributed by atoms with Gasteiger partial charge in [-0.2, -0.15) is 0 Å². The van der Waals surface area contributed by atoms with E-state index in [-0.39, 0.29) is 24.1 Å². The Morgan fingerprint density at radius 1 is 0.893 bits per heavy atom. The van der Waals surface area contributed by atoms with E-state index in [9.17, 15) is 9.59 Å². The lowest BCUT2D eigenvalue weighted by atomic mass is 9.91. The second-order valence-electron chi connectivity index (χ2n) is 8.33. The van der Waals surface area contributed by atoms with E-state index in [1.54, 1.807) is 6.92 Å². The highest BCUT2D eigenvalue weighted by atomic mass is 35.5. The van der Waals surface area contributed by atoms with E-state index in [4.69, 9.17) is 0 Å². The Morgan fingerprint density at radius 3 is 2.29 bits per heavy atom. The highest BCUT2D eigenvalue weighted by Gasteiger charge is 2.33. The van der Waals surface area contributed by atoms with Crippen molar-refractivity contribution in [2.24, 2.45) is 5.92 Å². The fourth-order valence-corrected chi connectivity index (χ4v) is 4.64. The second kappa shape index (κ2) is 9.27. The number of carbonyl (C=O) groups excluding carboxylic acids is 2. The second-order valence-corrected chi connectivity index (χ2v) is 8.33. The minimum atomic E-state index is 0. The van der Waals surface area contributed by atoms with Gasteiger partial charge in [-0.15, -0.1) is 12.4 Å². The number of halogens is 1. The number of amides is 1. The normalized spacial score (nSPS) is 23.7. The van der Waals surface area contributed by atoms with Gasteiger partial charge in [0.1, 0.15) is 0 Å². The van der Waals surface area contributed by atoms with Crippen LogP contribution in [0.5, 0.6) is 0 Å². The molecule has 0 spiro atoms. The highest BCUT2D eigenvalue weighted by molar-refractivity contribution is 5.94. The van der Waals surface area contributed by atoms with Gasteiger partial charge in [-0.25, -0.2) is 0 Å². The van der Waals surface area contributed by atoms with E-state index in [0.29, 0.717) is 5.91 Å². The predicted octanol–water partition coefficient (Wildman–Crippen LogP) is 3.22. The molecule has 3 fully saturated rings. The number of hydrogen-bond acceptors (Lipinski definition) is 4. The molecular weight excluding hydrogens is 374 g/mol. The molecule has 1 atom stereocenters. The summed E-state index contributed by atoms with van der Waals surface area (Å²) >= 11 is 0. The van der Waals surface area contributed by atoms with Crippen LogP contribution < -0.4 is 4.90 Å². The molecule has 1 aliphatic carbocycles. The first-order valence-corrected chi connectivity index (χ1v) is 10.5. The van der Waals surface area contributed by atoms with E-state index in [2.05, 4.69) is 14.7 Å². The number of Topliss-reactive ketones (excluding diaryl/α,β-unsaturated/α-hetero) is 1. The topological polar surface area (TPSA) is 43.9 Å². The van der Waals surface area contributed by atoms with Crippen molar-refractivity contribution in [2.75, 3.05) is 44.2 Å². The maximum atomic E-state index is 13.1. The molecule has 2 heterocycles. The van der Waals surface area contributed by atoms with Crippen LogP contribution in [-0.2, 0) is 4.79 Å². The number of ketones is 1. The largest absolute Gasteiger partial charge is 0.371 e. The molecule has 0 unspecified atom stereocenters. The number of benzene rings is 1. The van der Waals surface area contributed by atoms with Crippen molar-refractivity contribution in [1.82, 2.24) is 9.80 Å². The minimum absolute atomic E-state index is 0. The van der Waals surface area contributed by atoms with Crippen molar-refractivity contribution in [1.29, 1.82) is 0 Å².